The Morgan fingerprint density at radius 1 is 0.975 bits per heavy atom. The molecule has 0 bridgehead atoms. The lowest BCUT2D eigenvalue weighted by atomic mass is 9.92. The molecule has 1 amide bonds. The van der Waals surface area contributed by atoms with Crippen molar-refractivity contribution in [3.05, 3.63) is 117 Å². The maximum absolute atomic E-state index is 13.9. The van der Waals surface area contributed by atoms with E-state index >= 15 is 0 Å². The first-order valence-corrected chi connectivity index (χ1v) is 13.3. The van der Waals surface area contributed by atoms with Crippen molar-refractivity contribution < 1.29 is 18.7 Å². The Kier molecular flexibility index (Phi) is 6.73. The van der Waals surface area contributed by atoms with Crippen LogP contribution in [0.2, 0.25) is 0 Å². The van der Waals surface area contributed by atoms with Crippen LogP contribution in [0.1, 0.15) is 34.1 Å². The van der Waals surface area contributed by atoms with Crippen molar-refractivity contribution in [2.24, 2.45) is 5.10 Å². The van der Waals surface area contributed by atoms with Crippen molar-refractivity contribution in [3.8, 4) is 22.6 Å². The third-order valence-electron chi connectivity index (χ3n) is 6.92. The summed E-state index contributed by atoms with van der Waals surface area (Å²) in [5.74, 6) is 1.13. The van der Waals surface area contributed by atoms with E-state index in [0.717, 1.165) is 21.0 Å². The van der Waals surface area contributed by atoms with E-state index in [2.05, 4.69) is 20.9 Å². The number of H-pyrrole nitrogens is 1. The predicted molar refractivity (Wildman–Crippen MR) is 156 cm³/mol. The van der Waals surface area contributed by atoms with Crippen LogP contribution in [0.5, 0.6) is 11.5 Å². The van der Waals surface area contributed by atoms with E-state index in [1.165, 1.54) is 19.2 Å². The Hall–Kier alpha value is -4.63. The van der Waals surface area contributed by atoms with Gasteiger partial charge in [-0.1, -0.05) is 46.3 Å². The average Bonchev–Trinajstić information content (AvgIpc) is 3.67. The molecule has 0 fully saturated rings. The second-order valence-electron chi connectivity index (χ2n) is 9.29. The molecule has 0 saturated carbocycles. The van der Waals surface area contributed by atoms with Gasteiger partial charge in [0.1, 0.15) is 23.3 Å². The highest BCUT2D eigenvalue weighted by atomic mass is 79.9. The number of nitrogens with one attached hydrogen (secondary N) is 1. The molecule has 0 spiro atoms. The zero-order chi connectivity index (χ0) is 27.8. The van der Waals surface area contributed by atoms with Gasteiger partial charge in [-0.2, -0.15) is 5.10 Å². The van der Waals surface area contributed by atoms with Crippen LogP contribution in [0.15, 0.2) is 104 Å². The number of fused-ring (bicyclic) bond motifs is 1. The molecule has 3 heterocycles. The second-order valence-corrected chi connectivity index (χ2v) is 10.2. The van der Waals surface area contributed by atoms with Crippen molar-refractivity contribution >= 4 is 38.5 Å². The molecule has 3 aromatic carbocycles. The molecule has 6 rings (SSSR count). The van der Waals surface area contributed by atoms with Gasteiger partial charge in [0.05, 0.1) is 31.8 Å². The Balaban J connectivity index is 1.55. The van der Waals surface area contributed by atoms with Crippen LogP contribution in [-0.4, -0.2) is 35.8 Å². The van der Waals surface area contributed by atoms with Gasteiger partial charge in [0.2, 0.25) is 0 Å². The molecule has 5 aromatic rings. The summed E-state index contributed by atoms with van der Waals surface area (Å²) in [5.41, 5.74) is 3.24. The van der Waals surface area contributed by atoms with Crippen LogP contribution >= 0.6 is 15.9 Å². The first-order chi connectivity index (χ1) is 19.5. The number of ether oxygens (including phenoxy) is 2. The standard InChI is InChI=1S/C31H24BrN3O5/c1-38-21-13-19(14-22(16-21)39-2)31(37)35-26(27-9-6-12-40-27)17-25(34-35)29-28(18-7-4-3-5-8-18)23-15-20(32)10-11-24(23)33-30(29)36/h3-16,26H,17H2,1-2H3,(H,33,36)/t26-/m1/s1. The van der Waals surface area contributed by atoms with E-state index in [-0.39, 0.29) is 17.9 Å². The maximum atomic E-state index is 13.9. The summed E-state index contributed by atoms with van der Waals surface area (Å²) in [4.78, 5) is 30.6. The highest BCUT2D eigenvalue weighted by Crippen LogP contribution is 2.38. The molecule has 0 radical (unpaired) electrons. The summed E-state index contributed by atoms with van der Waals surface area (Å²) in [6.07, 6.45) is 1.84. The molecule has 1 aliphatic heterocycles. The summed E-state index contributed by atoms with van der Waals surface area (Å²) in [7, 11) is 3.05. The van der Waals surface area contributed by atoms with Gasteiger partial charge in [-0.15, -0.1) is 0 Å². The summed E-state index contributed by atoms with van der Waals surface area (Å²) < 4.78 is 17.4. The van der Waals surface area contributed by atoms with E-state index < -0.39 is 6.04 Å². The number of rotatable bonds is 6. The lowest BCUT2D eigenvalue weighted by Crippen LogP contribution is -2.27. The number of benzene rings is 3. The number of amides is 1. The van der Waals surface area contributed by atoms with Crippen LogP contribution < -0.4 is 15.0 Å². The summed E-state index contributed by atoms with van der Waals surface area (Å²) in [5, 5.41) is 7.02. The second kappa shape index (κ2) is 10.5. The average molecular weight is 598 g/mol. The zero-order valence-electron chi connectivity index (χ0n) is 21.7. The molecule has 1 aliphatic rings. The smallest absolute Gasteiger partial charge is 0.274 e. The Bertz CT molecular complexity index is 1790. The molecule has 0 unspecified atom stereocenters. The maximum Gasteiger partial charge on any atom is 0.274 e. The zero-order valence-corrected chi connectivity index (χ0v) is 23.3. The fraction of sp³-hybridized carbons (Fsp3) is 0.129. The van der Waals surface area contributed by atoms with Crippen molar-refractivity contribution in [2.75, 3.05) is 14.2 Å². The highest BCUT2D eigenvalue weighted by Gasteiger charge is 2.37. The van der Waals surface area contributed by atoms with Crippen LogP contribution in [0.4, 0.5) is 0 Å². The largest absolute Gasteiger partial charge is 0.497 e. The number of aromatic amines is 1. The quantitative estimate of drug-likeness (QED) is 0.239. The molecule has 0 aliphatic carbocycles. The van der Waals surface area contributed by atoms with Crippen molar-refractivity contribution in [3.63, 3.8) is 0 Å². The number of pyridine rings is 1. The number of methoxy groups -OCH3 is 2. The molecular weight excluding hydrogens is 574 g/mol. The minimum atomic E-state index is -0.559. The number of carbonyl (C=O) groups is 1. The van der Waals surface area contributed by atoms with E-state index in [9.17, 15) is 9.59 Å². The fourth-order valence-corrected chi connectivity index (χ4v) is 5.42. The topological polar surface area (TPSA) is 97.1 Å². The van der Waals surface area contributed by atoms with Crippen LogP contribution in [0.25, 0.3) is 22.0 Å². The molecule has 40 heavy (non-hydrogen) atoms. The molecule has 9 heteroatoms. The molecule has 1 N–H and O–H groups in total. The number of hydrogen-bond donors (Lipinski definition) is 1. The van der Waals surface area contributed by atoms with Gasteiger partial charge in [0.25, 0.3) is 11.5 Å². The Morgan fingerprint density at radius 3 is 2.40 bits per heavy atom. The number of carbonyl (C=O) groups excluding carboxylic acids is 1. The number of halogens is 1. The van der Waals surface area contributed by atoms with Crippen molar-refractivity contribution in [1.82, 2.24) is 9.99 Å². The normalized spacial score (nSPS) is 14.8. The van der Waals surface area contributed by atoms with E-state index in [1.807, 2.05) is 48.5 Å². The van der Waals surface area contributed by atoms with Crippen LogP contribution in [0.3, 0.4) is 0 Å². The molecule has 200 valence electrons. The number of hydrogen-bond acceptors (Lipinski definition) is 6. The molecular formula is C31H24BrN3O5. The number of aromatic nitrogens is 1. The first-order valence-electron chi connectivity index (χ1n) is 12.6. The van der Waals surface area contributed by atoms with Gasteiger partial charge in [0, 0.05) is 39.0 Å². The monoisotopic (exact) mass is 597 g/mol. The summed E-state index contributed by atoms with van der Waals surface area (Å²) in [6.45, 7) is 0. The molecule has 1 atom stereocenters. The van der Waals surface area contributed by atoms with Gasteiger partial charge in [0.15, 0.2) is 0 Å². The fourth-order valence-electron chi connectivity index (χ4n) is 5.06. The SMILES string of the molecule is COc1cc(OC)cc(C(=O)N2N=C(c3c(-c4ccccc4)c4cc(Br)ccc4[nH]c3=O)C[C@@H]2c2ccco2)c1. The lowest BCUT2D eigenvalue weighted by Gasteiger charge is -2.20. The van der Waals surface area contributed by atoms with Crippen molar-refractivity contribution in [2.45, 2.75) is 12.5 Å². The minimum Gasteiger partial charge on any atom is -0.497 e. The van der Waals surface area contributed by atoms with Gasteiger partial charge < -0.3 is 18.9 Å². The number of nitrogens with zero attached hydrogens (tertiary/aromatic N) is 2. The predicted octanol–water partition coefficient (Wildman–Crippen LogP) is 6.56. The minimum absolute atomic E-state index is 0.281. The summed E-state index contributed by atoms with van der Waals surface area (Å²) in [6, 6.07) is 23.4. The van der Waals surface area contributed by atoms with E-state index in [4.69, 9.17) is 19.0 Å². The van der Waals surface area contributed by atoms with E-state index in [0.29, 0.717) is 39.6 Å². The number of furan rings is 1. The number of hydrazone groups is 1. The molecule has 8 nitrogen and oxygen atoms in total. The van der Waals surface area contributed by atoms with Crippen LogP contribution in [-0.2, 0) is 0 Å². The molecule has 2 aromatic heterocycles. The van der Waals surface area contributed by atoms with Crippen LogP contribution in [0, 0.1) is 0 Å². The van der Waals surface area contributed by atoms with Gasteiger partial charge >= 0.3 is 0 Å². The molecule has 0 saturated heterocycles. The van der Waals surface area contributed by atoms with Gasteiger partial charge in [-0.25, -0.2) is 5.01 Å². The van der Waals surface area contributed by atoms with Gasteiger partial charge in [-0.05, 0) is 48.0 Å². The lowest BCUT2D eigenvalue weighted by molar-refractivity contribution is 0.0692. The Labute approximate surface area is 238 Å². The first kappa shape index (κ1) is 25.6. The van der Waals surface area contributed by atoms with E-state index in [1.54, 1.807) is 36.6 Å². The highest BCUT2D eigenvalue weighted by molar-refractivity contribution is 9.10. The van der Waals surface area contributed by atoms with Crippen molar-refractivity contribution in [1.29, 1.82) is 0 Å². The third-order valence-corrected chi connectivity index (χ3v) is 7.41. The Morgan fingerprint density at radius 2 is 1.73 bits per heavy atom. The summed E-state index contributed by atoms with van der Waals surface area (Å²) >= 11 is 3.57. The third kappa shape index (κ3) is 4.58. The van der Waals surface area contributed by atoms with Gasteiger partial charge in [-0.3, -0.25) is 9.59 Å².